The van der Waals surface area contributed by atoms with Crippen LogP contribution in [-0.2, 0) is 6.54 Å². The highest BCUT2D eigenvalue weighted by Crippen LogP contribution is 2.31. The van der Waals surface area contributed by atoms with E-state index in [9.17, 15) is 4.39 Å². The molecule has 0 unspecified atom stereocenters. The Morgan fingerprint density at radius 2 is 1.72 bits per heavy atom. The van der Waals surface area contributed by atoms with Crippen molar-refractivity contribution >= 4 is 28.2 Å². The first kappa shape index (κ1) is 22.6. The van der Waals surface area contributed by atoms with Crippen molar-refractivity contribution in [1.29, 1.82) is 0 Å². The average Bonchev–Trinajstić information content (AvgIpc) is 2.78. The molecule has 0 amide bonds. The van der Waals surface area contributed by atoms with Gasteiger partial charge in [-0.15, -0.1) is 0 Å². The molecule has 0 radical (unpaired) electrons. The predicted molar refractivity (Wildman–Crippen MR) is 127 cm³/mol. The smallest absolute Gasteiger partial charge is 0.206 e. The van der Waals surface area contributed by atoms with Gasteiger partial charge in [-0.3, -0.25) is 4.90 Å². The van der Waals surface area contributed by atoms with E-state index >= 15 is 0 Å². The number of rotatable bonds is 8. The predicted octanol–water partition coefficient (Wildman–Crippen LogP) is 5.90. The minimum atomic E-state index is -0.429. The zero-order valence-corrected chi connectivity index (χ0v) is 19.3. The van der Waals surface area contributed by atoms with Gasteiger partial charge >= 0.3 is 0 Å². The monoisotopic (exact) mass is 457 g/mol. The lowest BCUT2D eigenvalue weighted by atomic mass is 10.0. The van der Waals surface area contributed by atoms with Crippen molar-refractivity contribution in [3.8, 4) is 11.5 Å². The van der Waals surface area contributed by atoms with Crippen molar-refractivity contribution in [3.63, 3.8) is 0 Å². The Morgan fingerprint density at radius 3 is 2.38 bits per heavy atom. The highest BCUT2D eigenvalue weighted by Gasteiger charge is 2.22. The molecule has 1 aliphatic rings. The summed E-state index contributed by atoms with van der Waals surface area (Å²) in [5.41, 5.74) is 0.993. The Bertz CT molecular complexity index is 1040. The van der Waals surface area contributed by atoms with Gasteiger partial charge < -0.3 is 14.8 Å². The number of ether oxygens (including phenoxy) is 2. The van der Waals surface area contributed by atoms with Crippen LogP contribution in [0.5, 0.6) is 11.5 Å². The van der Waals surface area contributed by atoms with E-state index in [4.69, 9.17) is 21.1 Å². The topological polar surface area (TPSA) is 46.6 Å². The van der Waals surface area contributed by atoms with Crippen molar-refractivity contribution in [2.24, 2.45) is 0 Å². The first-order chi connectivity index (χ1) is 15.6. The van der Waals surface area contributed by atoms with Crippen LogP contribution in [-0.4, -0.2) is 42.2 Å². The number of fused-ring (bicyclic) bond motifs is 1. The molecule has 170 valence electrons. The van der Waals surface area contributed by atoms with Gasteiger partial charge in [-0.25, -0.2) is 4.98 Å². The lowest BCUT2D eigenvalue weighted by Crippen LogP contribution is -2.38. The van der Waals surface area contributed by atoms with Crippen LogP contribution in [0.4, 0.5) is 10.2 Å². The number of halogens is 2. The van der Waals surface area contributed by atoms with Crippen LogP contribution in [0.2, 0.25) is 5.15 Å². The molecule has 32 heavy (non-hydrogen) atoms. The largest absolute Gasteiger partial charge is 0.491 e. The molecule has 0 atom stereocenters. The van der Waals surface area contributed by atoms with Crippen LogP contribution in [0.15, 0.2) is 42.5 Å². The van der Waals surface area contributed by atoms with Crippen molar-refractivity contribution in [2.45, 2.75) is 39.3 Å². The molecular weight excluding hydrogens is 429 g/mol. The summed E-state index contributed by atoms with van der Waals surface area (Å²) in [6.07, 6.45) is 1.97. The van der Waals surface area contributed by atoms with Crippen molar-refractivity contribution < 1.29 is 13.9 Å². The molecule has 3 aromatic rings. The Labute approximate surface area is 193 Å². The molecular formula is C25H29ClFN3O2. The van der Waals surface area contributed by atoms with Crippen LogP contribution in [0.25, 0.3) is 10.8 Å². The SMILES string of the molecule is CCOc1cc(CN2CCC(Nc3nc(Cl)cc4ccccc34)CC2)cc(OCC)c1F. The molecule has 1 N–H and O–H groups in total. The molecule has 1 aliphatic heterocycles. The van der Waals surface area contributed by atoms with Gasteiger partial charge in [0.15, 0.2) is 11.5 Å². The third-order valence-electron chi connectivity index (χ3n) is 5.71. The molecule has 1 saturated heterocycles. The minimum Gasteiger partial charge on any atom is -0.491 e. The molecule has 5 nitrogen and oxygen atoms in total. The van der Waals surface area contributed by atoms with Gasteiger partial charge in [0.05, 0.1) is 13.2 Å². The molecule has 2 heterocycles. The summed E-state index contributed by atoms with van der Waals surface area (Å²) in [6.45, 7) is 7.11. The maximum absolute atomic E-state index is 14.5. The molecule has 1 fully saturated rings. The van der Waals surface area contributed by atoms with Crippen LogP contribution >= 0.6 is 11.6 Å². The summed E-state index contributed by atoms with van der Waals surface area (Å²) in [7, 11) is 0. The number of hydrogen-bond donors (Lipinski definition) is 1. The summed E-state index contributed by atoms with van der Waals surface area (Å²) < 4.78 is 25.5. The summed E-state index contributed by atoms with van der Waals surface area (Å²) >= 11 is 6.23. The first-order valence-electron chi connectivity index (χ1n) is 11.2. The lowest BCUT2D eigenvalue weighted by Gasteiger charge is -2.33. The van der Waals surface area contributed by atoms with Gasteiger partial charge in [-0.2, -0.15) is 4.39 Å². The Morgan fingerprint density at radius 1 is 1.06 bits per heavy atom. The van der Waals surface area contributed by atoms with E-state index < -0.39 is 5.82 Å². The normalized spacial score (nSPS) is 15.1. The van der Waals surface area contributed by atoms with E-state index in [0.29, 0.717) is 24.4 Å². The summed E-state index contributed by atoms with van der Waals surface area (Å²) in [6, 6.07) is 13.9. The van der Waals surface area contributed by atoms with Crippen molar-refractivity contribution in [2.75, 3.05) is 31.6 Å². The van der Waals surface area contributed by atoms with Gasteiger partial charge in [0.1, 0.15) is 11.0 Å². The number of pyridine rings is 1. The molecule has 4 rings (SSSR count). The second-order valence-electron chi connectivity index (χ2n) is 7.98. The fourth-order valence-electron chi connectivity index (χ4n) is 4.20. The van der Waals surface area contributed by atoms with E-state index in [2.05, 4.69) is 21.3 Å². The van der Waals surface area contributed by atoms with Gasteiger partial charge in [0.2, 0.25) is 5.82 Å². The molecule has 7 heteroatoms. The van der Waals surface area contributed by atoms with Crippen LogP contribution in [0.3, 0.4) is 0 Å². The fraction of sp³-hybridized carbons (Fsp3) is 0.400. The second-order valence-corrected chi connectivity index (χ2v) is 8.37. The van der Waals surface area contributed by atoms with E-state index in [0.717, 1.165) is 54.6 Å². The molecule has 2 aromatic carbocycles. The molecule has 0 spiro atoms. The molecule has 0 aliphatic carbocycles. The van der Waals surface area contributed by atoms with E-state index in [1.165, 1.54) is 0 Å². The number of benzene rings is 2. The molecule has 1 aromatic heterocycles. The number of piperidine rings is 1. The van der Waals surface area contributed by atoms with E-state index in [1.54, 1.807) is 12.1 Å². The second kappa shape index (κ2) is 10.4. The number of anilines is 1. The first-order valence-corrected chi connectivity index (χ1v) is 11.6. The van der Waals surface area contributed by atoms with E-state index in [-0.39, 0.29) is 11.5 Å². The van der Waals surface area contributed by atoms with Gasteiger partial charge in [0.25, 0.3) is 0 Å². The summed E-state index contributed by atoms with van der Waals surface area (Å²) in [4.78, 5) is 6.90. The summed E-state index contributed by atoms with van der Waals surface area (Å²) in [5, 5.41) is 6.26. The Kier molecular flexibility index (Phi) is 7.33. The highest BCUT2D eigenvalue weighted by atomic mass is 35.5. The number of nitrogens with zero attached hydrogens (tertiary/aromatic N) is 2. The maximum atomic E-state index is 14.5. The zero-order valence-electron chi connectivity index (χ0n) is 18.5. The molecule has 0 saturated carbocycles. The Balaban J connectivity index is 1.41. The third kappa shape index (κ3) is 5.25. The van der Waals surface area contributed by atoms with Crippen LogP contribution in [0, 0.1) is 5.82 Å². The quantitative estimate of drug-likeness (QED) is 0.426. The number of nitrogens with one attached hydrogen (secondary N) is 1. The van der Waals surface area contributed by atoms with Crippen molar-refractivity contribution in [3.05, 3.63) is 59.0 Å². The maximum Gasteiger partial charge on any atom is 0.206 e. The fourth-order valence-corrected chi connectivity index (χ4v) is 4.40. The van der Waals surface area contributed by atoms with Crippen LogP contribution < -0.4 is 14.8 Å². The molecule has 0 bridgehead atoms. The summed E-state index contributed by atoms with van der Waals surface area (Å²) in [5.74, 6) is 0.919. The van der Waals surface area contributed by atoms with Crippen LogP contribution in [0.1, 0.15) is 32.3 Å². The third-order valence-corrected chi connectivity index (χ3v) is 5.90. The van der Waals surface area contributed by atoms with Crippen molar-refractivity contribution in [1.82, 2.24) is 9.88 Å². The Hall–Kier alpha value is -2.57. The van der Waals surface area contributed by atoms with Gasteiger partial charge in [-0.1, -0.05) is 35.9 Å². The number of likely N-dealkylation sites (tertiary alicyclic amines) is 1. The van der Waals surface area contributed by atoms with E-state index in [1.807, 2.05) is 38.1 Å². The van der Waals surface area contributed by atoms with Gasteiger partial charge in [-0.05, 0) is 55.8 Å². The number of aromatic nitrogens is 1. The standard InChI is InChI=1S/C25H29ClFN3O2/c1-3-31-21-13-17(14-22(24(21)27)32-4-2)16-30-11-9-19(10-12-30)28-25-20-8-6-5-7-18(20)15-23(26)29-25/h5-8,13-15,19H,3-4,9-12,16H2,1-2H3,(H,28,29). The highest BCUT2D eigenvalue weighted by molar-refractivity contribution is 6.30. The average molecular weight is 458 g/mol. The number of hydrogen-bond acceptors (Lipinski definition) is 5. The zero-order chi connectivity index (χ0) is 22.5. The lowest BCUT2D eigenvalue weighted by molar-refractivity contribution is 0.210. The minimum absolute atomic E-state index is 0.254. The van der Waals surface area contributed by atoms with Gasteiger partial charge in [0, 0.05) is 31.1 Å².